The molecular formula is C14H20N6O2S. The van der Waals surface area contributed by atoms with Crippen molar-refractivity contribution in [2.45, 2.75) is 58.2 Å². The zero-order chi connectivity index (χ0) is 16.4. The van der Waals surface area contributed by atoms with Crippen LogP contribution >= 0.6 is 11.5 Å². The lowest BCUT2D eigenvalue weighted by Gasteiger charge is -2.35. The van der Waals surface area contributed by atoms with Crippen molar-refractivity contribution >= 4 is 17.4 Å². The number of aryl methyl sites for hydroxylation is 1. The van der Waals surface area contributed by atoms with E-state index in [4.69, 9.17) is 0 Å². The molecule has 0 unspecified atom stereocenters. The Labute approximate surface area is 138 Å². The number of hydrogen-bond acceptors (Lipinski definition) is 7. The molecular weight excluding hydrogens is 316 g/mol. The molecule has 2 N–H and O–H groups in total. The van der Waals surface area contributed by atoms with Gasteiger partial charge in [0, 0.05) is 18.5 Å². The van der Waals surface area contributed by atoms with Crippen molar-refractivity contribution in [3.05, 3.63) is 22.2 Å². The van der Waals surface area contributed by atoms with Gasteiger partial charge in [0.1, 0.15) is 17.3 Å². The first-order valence-electron chi connectivity index (χ1n) is 7.82. The minimum Gasteiger partial charge on any atom is -0.388 e. The molecule has 2 aromatic heterocycles. The van der Waals surface area contributed by atoms with E-state index in [-0.39, 0.29) is 24.5 Å². The Morgan fingerprint density at radius 1 is 1.35 bits per heavy atom. The number of aliphatic hydroxyl groups excluding tert-OH is 1. The van der Waals surface area contributed by atoms with Crippen LogP contribution in [0.4, 0.5) is 0 Å². The smallest absolute Gasteiger partial charge is 0.265 e. The summed E-state index contributed by atoms with van der Waals surface area (Å²) in [4.78, 5) is 12.9. The lowest BCUT2D eigenvalue weighted by atomic mass is 9.79. The fourth-order valence-electron chi connectivity index (χ4n) is 2.92. The second kappa shape index (κ2) is 6.71. The van der Waals surface area contributed by atoms with Crippen LogP contribution in [-0.2, 0) is 19.6 Å². The predicted octanol–water partition coefficient (Wildman–Crippen LogP) is 0.880. The molecule has 0 spiro atoms. The first kappa shape index (κ1) is 16.0. The zero-order valence-corrected chi connectivity index (χ0v) is 14.0. The van der Waals surface area contributed by atoms with E-state index < -0.39 is 0 Å². The van der Waals surface area contributed by atoms with Crippen LogP contribution in [0.1, 0.15) is 59.6 Å². The van der Waals surface area contributed by atoms with Gasteiger partial charge in [0.15, 0.2) is 5.82 Å². The van der Waals surface area contributed by atoms with Gasteiger partial charge in [-0.15, -0.1) is 15.3 Å². The molecule has 124 valence electrons. The number of carbonyl (C=O) groups is 1. The first-order chi connectivity index (χ1) is 11.2. The maximum Gasteiger partial charge on any atom is 0.265 e. The molecule has 0 atom stereocenters. The molecule has 1 aliphatic rings. The highest BCUT2D eigenvalue weighted by Gasteiger charge is 2.35. The van der Waals surface area contributed by atoms with Crippen molar-refractivity contribution < 1.29 is 9.90 Å². The lowest BCUT2D eigenvalue weighted by molar-refractivity contribution is 0.0909. The topological polar surface area (TPSA) is 106 Å². The Balaban J connectivity index is 1.59. The minimum absolute atomic E-state index is 0.0895. The summed E-state index contributed by atoms with van der Waals surface area (Å²) in [6.07, 6.45) is 2.38. The molecule has 0 aliphatic heterocycles. The standard InChI is InChI=1S/C14H20N6O2S/c1-3-10-12(23-19-16-10)14(22)15-9-5-8(6-9)13-18-17-11(7-21)20(13)4-2/h8-9,21H,3-7H2,1-2H3,(H,15,22). The highest BCUT2D eigenvalue weighted by Crippen LogP contribution is 2.36. The summed E-state index contributed by atoms with van der Waals surface area (Å²) >= 11 is 1.14. The zero-order valence-electron chi connectivity index (χ0n) is 13.2. The van der Waals surface area contributed by atoms with Gasteiger partial charge in [0.2, 0.25) is 0 Å². The predicted molar refractivity (Wildman–Crippen MR) is 84.1 cm³/mol. The maximum absolute atomic E-state index is 12.3. The minimum atomic E-state index is -0.105. The van der Waals surface area contributed by atoms with Crippen molar-refractivity contribution in [2.75, 3.05) is 0 Å². The van der Waals surface area contributed by atoms with Crippen LogP contribution in [-0.4, -0.2) is 41.4 Å². The second-order valence-electron chi connectivity index (χ2n) is 5.62. The molecule has 0 bridgehead atoms. The molecule has 0 radical (unpaired) electrons. The third-order valence-corrected chi connectivity index (χ3v) is 5.02. The molecule has 8 nitrogen and oxygen atoms in total. The first-order valence-corrected chi connectivity index (χ1v) is 8.60. The average Bonchev–Trinajstić information content (AvgIpc) is 3.15. The van der Waals surface area contributed by atoms with Crippen molar-refractivity contribution in [3.63, 3.8) is 0 Å². The number of amides is 1. The highest BCUT2D eigenvalue weighted by atomic mass is 32.1. The van der Waals surface area contributed by atoms with Gasteiger partial charge in [-0.3, -0.25) is 4.79 Å². The number of nitrogens with one attached hydrogen (secondary N) is 1. The Morgan fingerprint density at radius 2 is 2.13 bits per heavy atom. The van der Waals surface area contributed by atoms with Crippen molar-refractivity contribution in [3.8, 4) is 0 Å². The van der Waals surface area contributed by atoms with Crippen LogP contribution < -0.4 is 5.32 Å². The van der Waals surface area contributed by atoms with Crippen LogP contribution in [0.25, 0.3) is 0 Å². The quantitative estimate of drug-likeness (QED) is 0.811. The van der Waals surface area contributed by atoms with Crippen LogP contribution in [0.3, 0.4) is 0 Å². The number of nitrogens with zero attached hydrogens (tertiary/aromatic N) is 5. The van der Waals surface area contributed by atoms with E-state index >= 15 is 0 Å². The van der Waals surface area contributed by atoms with Crippen molar-refractivity contribution in [2.24, 2.45) is 0 Å². The second-order valence-corrected chi connectivity index (χ2v) is 6.37. The lowest BCUT2D eigenvalue weighted by Crippen LogP contribution is -2.44. The van der Waals surface area contributed by atoms with Gasteiger partial charge in [-0.25, -0.2) is 0 Å². The summed E-state index contributed by atoms with van der Waals surface area (Å²) in [6.45, 7) is 4.60. The van der Waals surface area contributed by atoms with Crippen molar-refractivity contribution in [1.29, 1.82) is 0 Å². The van der Waals surface area contributed by atoms with E-state index in [0.717, 1.165) is 42.4 Å². The Bertz CT molecular complexity index is 691. The largest absolute Gasteiger partial charge is 0.388 e. The van der Waals surface area contributed by atoms with Gasteiger partial charge in [-0.2, -0.15) is 0 Å². The SMILES string of the molecule is CCc1nnsc1C(=O)NC1CC(c2nnc(CO)n2CC)C1. The molecule has 9 heteroatoms. The van der Waals surface area contributed by atoms with Gasteiger partial charge >= 0.3 is 0 Å². The number of rotatable bonds is 6. The van der Waals surface area contributed by atoms with Gasteiger partial charge < -0.3 is 15.0 Å². The molecule has 0 aromatic carbocycles. The van der Waals surface area contributed by atoms with Gasteiger partial charge in [-0.1, -0.05) is 11.4 Å². The molecule has 23 heavy (non-hydrogen) atoms. The van der Waals surface area contributed by atoms with Gasteiger partial charge in [-0.05, 0) is 37.7 Å². The maximum atomic E-state index is 12.3. The summed E-state index contributed by atoms with van der Waals surface area (Å²) in [6, 6.07) is 0.138. The fourth-order valence-corrected chi connectivity index (χ4v) is 3.58. The fraction of sp³-hybridized carbons (Fsp3) is 0.643. The Morgan fingerprint density at radius 3 is 2.78 bits per heavy atom. The molecule has 0 saturated heterocycles. The average molecular weight is 336 g/mol. The molecule has 1 fully saturated rings. The molecule has 1 saturated carbocycles. The summed E-state index contributed by atoms with van der Waals surface area (Å²) in [7, 11) is 0. The molecule has 1 aliphatic carbocycles. The van der Waals surface area contributed by atoms with Crippen molar-refractivity contribution in [1.82, 2.24) is 29.7 Å². The molecule has 2 aromatic rings. The van der Waals surface area contributed by atoms with E-state index in [9.17, 15) is 9.90 Å². The van der Waals surface area contributed by atoms with Crippen LogP contribution in [0.5, 0.6) is 0 Å². The third-order valence-electron chi connectivity index (χ3n) is 4.25. The molecule has 2 heterocycles. The van der Waals surface area contributed by atoms with Crippen LogP contribution in [0.15, 0.2) is 0 Å². The molecule has 3 rings (SSSR count). The van der Waals surface area contributed by atoms with Gasteiger partial charge in [0.05, 0.1) is 5.69 Å². The highest BCUT2D eigenvalue weighted by molar-refractivity contribution is 7.08. The monoisotopic (exact) mass is 336 g/mol. The summed E-state index contributed by atoms with van der Waals surface area (Å²) in [5.74, 6) is 1.68. The van der Waals surface area contributed by atoms with Crippen LogP contribution in [0, 0.1) is 0 Å². The number of hydrogen-bond donors (Lipinski definition) is 2. The Hall–Kier alpha value is -1.87. The summed E-state index contributed by atoms with van der Waals surface area (Å²) in [5, 5.41) is 24.5. The van der Waals surface area contributed by atoms with E-state index in [0.29, 0.717) is 17.1 Å². The van der Waals surface area contributed by atoms with Gasteiger partial charge in [0.25, 0.3) is 5.91 Å². The number of carbonyl (C=O) groups excluding carboxylic acids is 1. The van der Waals surface area contributed by atoms with E-state index in [1.165, 1.54) is 0 Å². The summed E-state index contributed by atoms with van der Waals surface area (Å²) < 4.78 is 5.80. The third kappa shape index (κ3) is 2.98. The van der Waals surface area contributed by atoms with E-state index in [1.807, 2.05) is 18.4 Å². The Kier molecular flexibility index (Phi) is 4.67. The van der Waals surface area contributed by atoms with Crippen LogP contribution in [0.2, 0.25) is 0 Å². The summed E-state index contributed by atoms with van der Waals surface area (Å²) in [5.41, 5.74) is 0.752. The van der Waals surface area contributed by atoms with E-state index in [1.54, 1.807) is 0 Å². The van der Waals surface area contributed by atoms with E-state index in [2.05, 4.69) is 25.1 Å². The molecule has 1 amide bonds. The normalized spacial score (nSPS) is 20.3. The number of aliphatic hydroxyl groups is 1. The number of aromatic nitrogens is 5.